The van der Waals surface area contributed by atoms with Crippen molar-refractivity contribution in [2.24, 2.45) is 0 Å². The highest BCUT2D eigenvalue weighted by atomic mass is 35.5. The minimum absolute atomic E-state index is 0.108. The molecule has 0 saturated carbocycles. The first-order valence-corrected chi connectivity index (χ1v) is 6.57. The zero-order chi connectivity index (χ0) is 14.9. The van der Waals surface area contributed by atoms with Crippen LogP contribution in [0.4, 0.5) is 11.6 Å². The van der Waals surface area contributed by atoms with Crippen LogP contribution in [0.3, 0.4) is 0 Å². The fourth-order valence-electron chi connectivity index (χ4n) is 1.58. The molecule has 5 nitrogen and oxygen atoms in total. The van der Waals surface area contributed by atoms with Gasteiger partial charge in [0.25, 0.3) is 0 Å². The molecule has 1 aromatic carbocycles. The van der Waals surface area contributed by atoms with Crippen LogP contribution in [0.15, 0.2) is 18.3 Å². The van der Waals surface area contributed by atoms with Crippen molar-refractivity contribution in [2.45, 2.75) is 6.92 Å². The first-order chi connectivity index (χ1) is 9.38. The number of halogens is 3. The highest BCUT2D eigenvalue weighted by molar-refractivity contribution is 6.45. The molecule has 0 aliphatic carbocycles. The van der Waals surface area contributed by atoms with Crippen LogP contribution in [0, 0.1) is 0 Å². The molecule has 0 saturated heterocycles. The third-order valence-corrected chi connectivity index (χ3v) is 3.37. The molecule has 1 heterocycles. The SMILES string of the molecule is CC(=O)Nc1cnc(-c2cc(Cl)cc(Cl)c2Cl)c(N)n1. The molecule has 0 spiro atoms. The molecule has 2 aromatic rings. The number of hydrogen-bond acceptors (Lipinski definition) is 4. The summed E-state index contributed by atoms with van der Waals surface area (Å²) in [6, 6.07) is 3.11. The molecular formula is C12H9Cl3N4O. The molecule has 20 heavy (non-hydrogen) atoms. The van der Waals surface area contributed by atoms with Crippen LogP contribution in [-0.4, -0.2) is 15.9 Å². The van der Waals surface area contributed by atoms with Crippen molar-refractivity contribution in [3.63, 3.8) is 0 Å². The summed E-state index contributed by atoms with van der Waals surface area (Å²) < 4.78 is 0. The van der Waals surface area contributed by atoms with Gasteiger partial charge in [-0.05, 0) is 12.1 Å². The van der Waals surface area contributed by atoms with E-state index in [4.69, 9.17) is 40.5 Å². The molecular weight excluding hydrogens is 323 g/mol. The molecule has 3 N–H and O–H groups in total. The van der Waals surface area contributed by atoms with Gasteiger partial charge in [-0.25, -0.2) is 9.97 Å². The predicted molar refractivity (Wildman–Crippen MR) is 81.2 cm³/mol. The van der Waals surface area contributed by atoms with E-state index in [9.17, 15) is 4.79 Å². The first-order valence-electron chi connectivity index (χ1n) is 5.43. The summed E-state index contributed by atoms with van der Waals surface area (Å²) in [4.78, 5) is 19.1. The topological polar surface area (TPSA) is 80.9 Å². The van der Waals surface area contributed by atoms with Crippen molar-refractivity contribution in [3.8, 4) is 11.3 Å². The number of hydrogen-bond donors (Lipinski definition) is 2. The fraction of sp³-hybridized carbons (Fsp3) is 0.0833. The number of nitrogen functional groups attached to an aromatic ring is 1. The van der Waals surface area contributed by atoms with E-state index in [1.807, 2.05) is 0 Å². The molecule has 0 bridgehead atoms. The Morgan fingerprint density at radius 1 is 1.30 bits per heavy atom. The Balaban J connectivity index is 2.51. The number of nitrogens with zero attached hydrogens (tertiary/aromatic N) is 2. The largest absolute Gasteiger partial charge is 0.382 e. The summed E-state index contributed by atoms with van der Waals surface area (Å²) in [5, 5.41) is 3.46. The van der Waals surface area contributed by atoms with Crippen molar-refractivity contribution < 1.29 is 4.79 Å². The second-order valence-corrected chi connectivity index (χ2v) is 5.14. The number of carbonyl (C=O) groups excluding carboxylic acids is 1. The predicted octanol–water partition coefficient (Wildman–Crippen LogP) is 3.64. The molecule has 0 aliphatic heterocycles. The molecule has 0 radical (unpaired) electrons. The average Bonchev–Trinajstić information content (AvgIpc) is 2.33. The molecule has 0 atom stereocenters. The number of amides is 1. The summed E-state index contributed by atoms with van der Waals surface area (Å²) >= 11 is 18.0. The lowest BCUT2D eigenvalue weighted by atomic mass is 10.1. The Morgan fingerprint density at radius 3 is 2.60 bits per heavy atom. The number of rotatable bonds is 2. The van der Waals surface area contributed by atoms with Gasteiger partial charge in [0.05, 0.1) is 16.2 Å². The molecule has 1 amide bonds. The molecule has 0 unspecified atom stereocenters. The van der Waals surface area contributed by atoms with Crippen molar-refractivity contribution in [1.29, 1.82) is 0 Å². The van der Waals surface area contributed by atoms with E-state index in [-0.39, 0.29) is 22.6 Å². The number of nitrogens with two attached hydrogens (primary N) is 1. The maximum absolute atomic E-state index is 10.9. The normalized spacial score (nSPS) is 10.4. The van der Waals surface area contributed by atoms with Gasteiger partial charge in [0.1, 0.15) is 5.69 Å². The van der Waals surface area contributed by atoms with Crippen LogP contribution in [0.5, 0.6) is 0 Å². The highest BCUT2D eigenvalue weighted by Crippen LogP contribution is 2.37. The Hall–Kier alpha value is -1.56. The van der Waals surface area contributed by atoms with Crippen LogP contribution in [0.25, 0.3) is 11.3 Å². The average molecular weight is 332 g/mol. The zero-order valence-electron chi connectivity index (χ0n) is 10.2. The minimum atomic E-state index is -0.268. The smallest absolute Gasteiger partial charge is 0.222 e. The molecule has 0 aliphatic rings. The van der Waals surface area contributed by atoms with E-state index < -0.39 is 0 Å². The third-order valence-electron chi connectivity index (χ3n) is 2.35. The van der Waals surface area contributed by atoms with Gasteiger partial charge in [-0.15, -0.1) is 0 Å². The number of nitrogens with one attached hydrogen (secondary N) is 1. The molecule has 0 fully saturated rings. The van der Waals surface area contributed by atoms with Crippen LogP contribution >= 0.6 is 34.8 Å². The standard InChI is InChI=1S/C12H9Cl3N4O/c1-5(20)18-9-4-17-11(12(16)19-9)7-2-6(13)3-8(14)10(7)15/h2-4H,1H3,(H3,16,18,19,20). The Labute approximate surface area is 130 Å². The Kier molecular flexibility index (Phi) is 4.32. The Bertz CT molecular complexity index is 691. The van der Waals surface area contributed by atoms with Crippen molar-refractivity contribution >= 4 is 52.3 Å². The second-order valence-electron chi connectivity index (χ2n) is 3.92. The lowest BCUT2D eigenvalue weighted by molar-refractivity contribution is -0.114. The number of benzene rings is 1. The monoisotopic (exact) mass is 330 g/mol. The summed E-state index contributed by atoms with van der Waals surface area (Å²) in [7, 11) is 0. The quantitative estimate of drug-likeness (QED) is 0.823. The second kappa shape index (κ2) is 5.83. The van der Waals surface area contributed by atoms with Crippen LogP contribution in [-0.2, 0) is 4.79 Å². The van der Waals surface area contributed by atoms with Gasteiger partial charge in [-0.3, -0.25) is 4.79 Å². The van der Waals surface area contributed by atoms with E-state index in [2.05, 4.69) is 15.3 Å². The van der Waals surface area contributed by atoms with Crippen molar-refractivity contribution in [3.05, 3.63) is 33.4 Å². The number of anilines is 2. The van der Waals surface area contributed by atoms with E-state index in [1.54, 1.807) is 6.07 Å². The van der Waals surface area contributed by atoms with Gasteiger partial charge in [0.15, 0.2) is 11.6 Å². The van der Waals surface area contributed by atoms with Crippen LogP contribution < -0.4 is 11.1 Å². The van der Waals surface area contributed by atoms with Gasteiger partial charge in [0, 0.05) is 17.5 Å². The van der Waals surface area contributed by atoms with Crippen LogP contribution in [0.1, 0.15) is 6.92 Å². The number of carbonyl (C=O) groups is 1. The lowest BCUT2D eigenvalue weighted by Gasteiger charge is -2.09. The zero-order valence-corrected chi connectivity index (χ0v) is 12.5. The summed E-state index contributed by atoms with van der Waals surface area (Å²) in [6.45, 7) is 1.36. The fourth-order valence-corrected chi connectivity index (χ4v) is 2.27. The summed E-state index contributed by atoms with van der Waals surface area (Å²) in [6.07, 6.45) is 1.37. The van der Waals surface area contributed by atoms with Crippen molar-refractivity contribution in [1.82, 2.24) is 9.97 Å². The van der Waals surface area contributed by atoms with Gasteiger partial charge in [0.2, 0.25) is 5.91 Å². The first kappa shape index (κ1) is 14.8. The molecule has 2 rings (SSSR count). The maximum atomic E-state index is 10.9. The van der Waals surface area contributed by atoms with E-state index in [0.717, 1.165) is 0 Å². The molecule has 104 valence electrons. The summed E-state index contributed by atoms with van der Waals surface area (Å²) in [5.74, 6) is 0.0924. The van der Waals surface area contributed by atoms with Gasteiger partial charge in [-0.1, -0.05) is 34.8 Å². The third kappa shape index (κ3) is 3.12. The van der Waals surface area contributed by atoms with Gasteiger partial charge in [-0.2, -0.15) is 0 Å². The maximum Gasteiger partial charge on any atom is 0.222 e. The van der Waals surface area contributed by atoms with Gasteiger partial charge >= 0.3 is 0 Å². The van der Waals surface area contributed by atoms with Crippen molar-refractivity contribution in [2.75, 3.05) is 11.1 Å². The lowest BCUT2D eigenvalue weighted by Crippen LogP contribution is -2.09. The molecule has 8 heteroatoms. The van der Waals surface area contributed by atoms with Gasteiger partial charge < -0.3 is 11.1 Å². The Morgan fingerprint density at radius 2 is 2.00 bits per heavy atom. The molecule has 1 aromatic heterocycles. The van der Waals surface area contributed by atoms with E-state index in [1.165, 1.54) is 19.2 Å². The minimum Gasteiger partial charge on any atom is -0.382 e. The summed E-state index contributed by atoms with van der Waals surface area (Å²) in [5.41, 5.74) is 6.65. The van der Waals surface area contributed by atoms with E-state index in [0.29, 0.717) is 21.3 Å². The number of aromatic nitrogens is 2. The van der Waals surface area contributed by atoms with Crippen LogP contribution in [0.2, 0.25) is 15.1 Å². The highest BCUT2D eigenvalue weighted by Gasteiger charge is 2.14. The van der Waals surface area contributed by atoms with E-state index >= 15 is 0 Å².